The maximum absolute atomic E-state index is 13.9. The van der Waals surface area contributed by atoms with Crippen LogP contribution in [-0.2, 0) is 6.18 Å². The number of likely N-dealkylation sites (tertiary alicyclic amines) is 2. The van der Waals surface area contributed by atoms with Gasteiger partial charge in [-0.1, -0.05) is 72.3 Å². The molecule has 2 saturated heterocycles. The van der Waals surface area contributed by atoms with Gasteiger partial charge in [0.15, 0.2) is 5.82 Å². The van der Waals surface area contributed by atoms with Crippen LogP contribution in [0, 0.1) is 31.6 Å². The molecule has 346 valence electrons. The Morgan fingerprint density at radius 3 is 1.85 bits per heavy atom. The molecule has 11 nitrogen and oxygen atoms in total. The first kappa shape index (κ1) is 45.5. The standard InChI is InChI=1S/C27H30N4O.C26H26F3N5O/c1-19-16-20(2)30-26(29-19)28-18-22-17-27(12-13-27)14-15-31(22)25(32)24-11-7-6-10-23(24)21-8-4-3-5-9-21;1-17-6-7-19(23-30-11-3-12-31-23)20(14-17)24(35)34-13-10-25(8-9-25)15-18(34)16-32-22-5-2-4-21(33-22)26(27,28)29/h3-11,16,22H,12-15,17-18H2,1-2H3,(H,28,29,30);2-7,11-12,14,18H,8-10,13,15-16H2,1H3,(H,32,33)/t22-;18-/m00/s1. The average Bonchev–Trinajstić information content (AvgIpc) is 4.28. The minimum Gasteiger partial charge on any atom is -0.368 e. The third-order valence-electron chi connectivity index (χ3n) is 13.9. The molecule has 5 heterocycles. The zero-order chi connectivity index (χ0) is 46.8. The van der Waals surface area contributed by atoms with E-state index in [0.29, 0.717) is 47.9 Å². The normalized spacial score (nSPS) is 19.0. The zero-order valence-electron chi connectivity index (χ0n) is 38.2. The first-order valence-corrected chi connectivity index (χ1v) is 23.3. The molecular formula is C53H56F3N9O2. The van der Waals surface area contributed by atoms with E-state index in [2.05, 4.69) is 52.6 Å². The van der Waals surface area contributed by atoms with Crippen molar-refractivity contribution in [1.82, 2.24) is 34.7 Å². The fraction of sp³-hybridized carbons (Fsp3) is 0.377. The summed E-state index contributed by atoms with van der Waals surface area (Å²) in [6, 6.07) is 31.3. The van der Waals surface area contributed by atoms with Crippen LogP contribution in [0.15, 0.2) is 116 Å². The van der Waals surface area contributed by atoms with Gasteiger partial charge in [-0.05, 0) is 130 Å². The molecular weight excluding hydrogens is 852 g/mol. The molecule has 14 heteroatoms. The van der Waals surface area contributed by atoms with Crippen LogP contribution in [0.4, 0.5) is 24.9 Å². The summed E-state index contributed by atoms with van der Waals surface area (Å²) in [7, 11) is 0. The molecule has 0 bridgehead atoms. The lowest BCUT2D eigenvalue weighted by Crippen LogP contribution is -2.50. The molecule has 4 aliphatic rings. The molecule has 0 radical (unpaired) electrons. The summed E-state index contributed by atoms with van der Waals surface area (Å²) in [5.74, 6) is 1.28. The van der Waals surface area contributed by atoms with E-state index < -0.39 is 11.9 Å². The van der Waals surface area contributed by atoms with E-state index in [0.717, 1.165) is 84.8 Å². The minimum absolute atomic E-state index is 0.115. The second kappa shape index (κ2) is 18.9. The van der Waals surface area contributed by atoms with Crippen molar-refractivity contribution in [3.8, 4) is 22.5 Å². The number of piperidine rings is 2. The highest BCUT2D eigenvalue weighted by Gasteiger charge is 2.50. The van der Waals surface area contributed by atoms with Gasteiger partial charge < -0.3 is 20.4 Å². The van der Waals surface area contributed by atoms with Crippen LogP contribution >= 0.6 is 0 Å². The van der Waals surface area contributed by atoms with Crippen LogP contribution in [0.5, 0.6) is 0 Å². The second-order valence-electron chi connectivity index (χ2n) is 18.9. The number of aryl methyl sites for hydroxylation is 3. The molecule has 6 aromatic rings. The van der Waals surface area contributed by atoms with Crippen molar-refractivity contribution in [3.05, 3.63) is 149 Å². The smallest absolute Gasteiger partial charge is 0.368 e. The molecule has 4 fully saturated rings. The van der Waals surface area contributed by atoms with Crippen molar-refractivity contribution in [2.45, 2.75) is 90.4 Å². The Labute approximate surface area is 389 Å². The Morgan fingerprint density at radius 2 is 1.22 bits per heavy atom. The first-order chi connectivity index (χ1) is 32.3. The third kappa shape index (κ3) is 10.6. The molecule has 2 aliphatic heterocycles. The van der Waals surface area contributed by atoms with E-state index in [4.69, 9.17) is 0 Å². The van der Waals surface area contributed by atoms with Gasteiger partial charge >= 0.3 is 6.18 Å². The van der Waals surface area contributed by atoms with Crippen LogP contribution in [0.3, 0.4) is 0 Å². The largest absolute Gasteiger partial charge is 0.433 e. The van der Waals surface area contributed by atoms with Gasteiger partial charge in [0.05, 0.1) is 5.56 Å². The van der Waals surface area contributed by atoms with Crippen LogP contribution in [0.25, 0.3) is 22.5 Å². The molecule has 67 heavy (non-hydrogen) atoms. The lowest BCUT2D eigenvalue weighted by Gasteiger charge is -2.40. The van der Waals surface area contributed by atoms with Gasteiger partial charge in [0.25, 0.3) is 11.8 Å². The molecule has 2 saturated carbocycles. The Balaban J connectivity index is 0.000000169. The van der Waals surface area contributed by atoms with Crippen molar-refractivity contribution >= 4 is 23.6 Å². The van der Waals surface area contributed by atoms with Gasteiger partial charge in [-0.3, -0.25) is 9.59 Å². The molecule has 2 amide bonds. The SMILES string of the molecule is Cc1cc(C)nc(NC[C@@H]2CC3(CCN2C(=O)c2ccccc2-c2ccccc2)CC3)n1.Cc1ccc(-c2ncccn2)c(C(=O)N2CCC3(CC3)C[C@H]2CNc2cccc(C(F)(F)F)n2)c1. The fourth-order valence-electron chi connectivity index (χ4n) is 9.91. The van der Waals surface area contributed by atoms with Gasteiger partial charge in [-0.15, -0.1) is 0 Å². The van der Waals surface area contributed by atoms with Gasteiger partial charge in [0, 0.05) is 73.2 Å². The molecule has 2 spiro atoms. The maximum atomic E-state index is 13.9. The summed E-state index contributed by atoms with van der Waals surface area (Å²) in [4.78, 5) is 53.1. The summed E-state index contributed by atoms with van der Waals surface area (Å²) in [6.07, 6.45) is 7.48. The lowest BCUT2D eigenvalue weighted by atomic mass is 9.87. The highest BCUT2D eigenvalue weighted by atomic mass is 19.4. The number of rotatable bonds is 10. The lowest BCUT2D eigenvalue weighted by molar-refractivity contribution is -0.141. The number of halogens is 3. The monoisotopic (exact) mass is 907 g/mol. The molecule has 10 rings (SSSR count). The quantitative estimate of drug-likeness (QED) is 0.138. The van der Waals surface area contributed by atoms with Gasteiger partial charge in [0.2, 0.25) is 5.95 Å². The van der Waals surface area contributed by atoms with E-state index >= 15 is 0 Å². The predicted octanol–water partition coefficient (Wildman–Crippen LogP) is 10.6. The molecule has 3 aromatic heterocycles. The Morgan fingerprint density at radius 1 is 0.627 bits per heavy atom. The Bertz CT molecular complexity index is 2710. The Kier molecular flexibility index (Phi) is 12.8. The number of hydrogen-bond donors (Lipinski definition) is 2. The number of benzene rings is 3. The van der Waals surface area contributed by atoms with E-state index in [1.165, 1.54) is 25.0 Å². The van der Waals surface area contributed by atoms with Crippen molar-refractivity contribution in [3.63, 3.8) is 0 Å². The number of amides is 2. The summed E-state index contributed by atoms with van der Waals surface area (Å²) >= 11 is 0. The molecule has 2 aliphatic carbocycles. The highest BCUT2D eigenvalue weighted by Crippen LogP contribution is 2.56. The number of pyridine rings is 1. The van der Waals surface area contributed by atoms with Gasteiger partial charge in [-0.2, -0.15) is 13.2 Å². The van der Waals surface area contributed by atoms with E-state index in [9.17, 15) is 22.8 Å². The number of nitrogens with zero attached hydrogens (tertiary/aromatic N) is 7. The third-order valence-corrected chi connectivity index (χ3v) is 13.9. The van der Waals surface area contributed by atoms with Crippen molar-refractivity contribution in [1.29, 1.82) is 0 Å². The van der Waals surface area contributed by atoms with Crippen molar-refractivity contribution in [2.24, 2.45) is 10.8 Å². The zero-order valence-corrected chi connectivity index (χ0v) is 38.2. The van der Waals surface area contributed by atoms with Gasteiger partial charge in [-0.25, -0.2) is 24.9 Å². The fourth-order valence-corrected chi connectivity index (χ4v) is 9.91. The number of carbonyl (C=O) groups is 2. The highest BCUT2D eigenvalue weighted by molar-refractivity contribution is 6.01. The second-order valence-corrected chi connectivity index (χ2v) is 18.9. The summed E-state index contributed by atoms with van der Waals surface area (Å²) < 4.78 is 39.3. The number of anilines is 2. The number of hydrogen-bond acceptors (Lipinski definition) is 9. The predicted molar refractivity (Wildman–Crippen MR) is 253 cm³/mol. The van der Waals surface area contributed by atoms with E-state index in [1.54, 1.807) is 18.5 Å². The van der Waals surface area contributed by atoms with Gasteiger partial charge in [0.1, 0.15) is 11.5 Å². The van der Waals surface area contributed by atoms with Crippen LogP contribution in [-0.4, -0.2) is 84.8 Å². The van der Waals surface area contributed by atoms with Crippen molar-refractivity contribution in [2.75, 3.05) is 36.8 Å². The number of carbonyl (C=O) groups excluding carboxylic acids is 2. The molecule has 2 atom stereocenters. The Hall–Kier alpha value is -6.70. The van der Waals surface area contributed by atoms with Crippen molar-refractivity contribution < 1.29 is 22.8 Å². The molecule has 3 aromatic carbocycles. The molecule has 0 unspecified atom stereocenters. The number of aromatic nitrogens is 5. The topological polar surface area (TPSA) is 129 Å². The average molecular weight is 908 g/mol. The summed E-state index contributed by atoms with van der Waals surface area (Å²) in [6.45, 7) is 8.30. The van der Waals surface area contributed by atoms with E-state index in [-0.39, 0.29) is 35.1 Å². The van der Waals surface area contributed by atoms with E-state index in [1.807, 2.05) is 92.4 Å². The maximum Gasteiger partial charge on any atom is 0.433 e. The summed E-state index contributed by atoms with van der Waals surface area (Å²) in [5.41, 5.74) is 6.63. The molecule has 2 N–H and O–H groups in total. The first-order valence-electron chi connectivity index (χ1n) is 23.3. The number of alkyl halides is 3. The van der Waals surface area contributed by atoms with Crippen LogP contribution < -0.4 is 10.6 Å². The van der Waals surface area contributed by atoms with Crippen LogP contribution in [0.1, 0.15) is 94.7 Å². The van der Waals surface area contributed by atoms with Crippen LogP contribution in [0.2, 0.25) is 0 Å². The number of nitrogens with one attached hydrogen (secondary N) is 2. The summed E-state index contributed by atoms with van der Waals surface area (Å²) in [5, 5.41) is 6.48. The minimum atomic E-state index is -4.51.